The Kier molecular flexibility index (Phi) is 6.84. The van der Waals surface area contributed by atoms with E-state index in [0.29, 0.717) is 24.5 Å². The maximum absolute atomic E-state index is 12.9. The van der Waals surface area contributed by atoms with Crippen LogP contribution in [0.5, 0.6) is 0 Å². The van der Waals surface area contributed by atoms with Crippen LogP contribution in [-0.4, -0.2) is 66.5 Å². The monoisotopic (exact) mass is 452 g/mol. The van der Waals surface area contributed by atoms with E-state index in [1.807, 2.05) is 12.1 Å². The smallest absolute Gasteiger partial charge is 0.248 e. The topological polar surface area (TPSA) is 113 Å². The minimum absolute atomic E-state index is 0.0414. The van der Waals surface area contributed by atoms with Gasteiger partial charge in [-0.3, -0.25) is 9.59 Å². The summed E-state index contributed by atoms with van der Waals surface area (Å²) in [4.78, 5) is 26.3. The molecular weight excluding hydrogens is 428 g/mol. The molecule has 30 heavy (non-hydrogen) atoms. The molecule has 1 aromatic carbocycles. The molecule has 0 aliphatic carbocycles. The average molecular weight is 453 g/mol. The summed E-state index contributed by atoms with van der Waals surface area (Å²) < 4.78 is 32.1. The van der Waals surface area contributed by atoms with Gasteiger partial charge in [0.15, 0.2) is 5.76 Å². The number of hydrogen-bond acceptors (Lipinski definition) is 7. The molecule has 0 radical (unpaired) electrons. The molecule has 9 nitrogen and oxygen atoms in total. The molecule has 1 aliphatic heterocycles. The minimum atomic E-state index is -3.69. The molecule has 162 valence electrons. The SMILES string of the molecule is CC(=O)Nc1ccc(SCC(=O)N2CCN(S(=O)(=O)c3c(C)noc3C)CC2)cc1. The second-order valence-electron chi connectivity index (χ2n) is 6.93. The van der Waals surface area contributed by atoms with Gasteiger partial charge < -0.3 is 14.7 Å². The maximum atomic E-state index is 12.9. The first-order valence-electron chi connectivity index (χ1n) is 9.39. The summed E-state index contributed by atoms with van der Waals surface area (Å²) in [6, 6.07) is 7.26. The number of anilines is 1. The quantitative estimate of drug-likeness (QED) is 0.666. The van der Waals surface area contributed by atoms with Crippen molar-refractivity contribution in [2.24, 2.45) is 0 Å². The fourth-order valence-electron chi connectivity index (χ4n) is 3.22. The molecule has 1 aliphatic rings. The molecule has 11 heteroatoms. The lowest BCUT2D eigenvalue weighted by atomic mass is 10.3. The van der Waals surface area contributed by atoms with Gasteiger partial charge in [-0.25, -0.2) is 8.42 Å². The number of rotatable bonds is 6. The molecule has 2 amide bonds. The predicted octanol–water partition coefficient (Wildman–Crippen LogP) is 1.88. The van der Waals surface area contributed by atoms with Crippen molar-refractivity contribution in [2.45, 2.75) is 30.6 Å². The summed E-state index contributed by atoms with van der Waals surface area (Å²) in [6.45, 7) is 5.76. The summed E-state index contributed by atoms with van der Waals surface area (Å²) >= 11 is 1.40. The third-order valence-electron chi connectivity index (χ3n) is 4.69. The second-order valence-corrected chi connectivity index (χ2v) is 9.86. The number of nitrogens with one attached hydrogen (secondary N) is 1. The molecule has 2 heterocycles. The first-order valence-corrected chi connectivity index (χ1v) is 11.8. The number of sulfonamides is 1. The van der Waals surface area contributed by atoms with Crippen molar-refractivity contribution in [3.05, 3.63) is 35.7 Å². The molecule has 1 fully saturated rings. The highest BCUT2D eigenvalue weighted by Gasteiger charge is 2.34. The summed E-state index contributed by atoms with van der Waals surface area (Å²) in [6.07, 6.45) is 0. The van der Waals surface area contributed by atoms with Crippen LogP contribution in [0.2, 0.25) is 0 Å². The van der Waals surface area contributed by atoms with E-state index in [-0.39, 0.29) is 41.3 Å². The molecule has 3 rings (SSSR count). The number of aryl methyl sites for hydroxylation is 2. The van der Waals surface area contributed by atoms with Crippen LogP contribution in [-0.2, 0) is 19.6 Å². The van der Waals surface area contributed by atoms with Crippen molar-refractivity contribution in [2.75, 3.05) is 37.2 Å². The zero-order valence-electron chi connectivity index (χ0n) is 17.0. The van der Waals surface area contributed by atoms with Gasteiger partial charge in [0.1, 0.15) is 10.6 Å². The van der Waals surface area contributed by atoms with E-state index in [0.717, 1.165) is 4.90 Å². The van der Waals surface area contributed by atoms with Crippen LogP contribution in [0.3, 0.4) is 0 Å². The van der Waals surface area contributed by atoms with Crippen molar-refractivity contribution in [3.63, 3.8) is 0 Å². The van der Waals surface area contributed by atoms with E-state index >= 15 is 0 Å². The Hall–Kier alpha value is -2.37. The molecular formula is C19H24N4O5S2. The number of piperazine rings is 1. The van der Waals surface area contributed by atoms with Crippen molar-refractivity contribution in [3.8, 4) is 0 Å². The van der Waals surface area contributed by atoms with Crippen LogP contribution in [0.25, 0.3) is 0 Å². The van der Waals surface area contributed by atoms with Gasteiger partial charge >= 0.3 is 0 Å². The average Bonchev–Trinajstić information content (AvgIpc) is 3.05. The van der Waals surface area contributed by atoms with Gasteiger partial charge in [-0.1, -0.05) is 5.16 Å². The highest BCUT2D eigenvalue weighted by molar-refractivity contribution is 8.00. The molecule has 0 unspecified atom stereocenters. The van der Waals surface area contributed by atoms with Crippen LogP contribution in [0, 0.1) is 13.8 Å². The number of amides is 2. The first-order chi connectivity index (χ1) is 14.2. The zero-order chi connectivity index (χ0) is 21.9. The van der Waals surface area contributed by atoms with E-state index in [1.165, 1.54) is 23.0 Å². The Morgan fingerprint density at radius 2 is 1.77 bits per heavy atom. The van der Waals surface area contributed by atoms with Gasteiger partial charge in [-0.15, -0.1) is 11.8 Å². The third kappa shape index (κ3) is 5.02. The van der Waals surface area contributed by atoms with Crippen LogP contribution in [0.4, 0.5) is 5.69 Å². The Balaban J connectivity index is 1.52. The van der Waals surface area contributed by atoms with Gasteiger partial charge in [-0.2, -0.15) is 4.31 Å². The molecule has 1 aromatic heterocycles. The van der Waals surface area contributed by atoms with Gasteiger partial charge in [-0.05, 0) is 38.1 Å². The standard InChI is InChI=1S/C19H24N4O5S2/c1-13-19(14(2)28-21-13)30(26,27)23-10-8-22(9-11-23)18(25)12-29-17-6-4-16(5-7-17)20-15(3)24/h4-7H,8-12H2,1-3H3,(H,20,24). The molecule has 0 spiro atoms. The zero-order valence-corrected chi connectivity index (χ0v) is 18.7. The summed E-state index contributed by atoms with van der Waals surface area (Å²) in [5, 5.41) is 6.42. The number of aromatic nitrogens is 1. The fraction of sp³-hybridized carbons (Fsp3) is 0.421. The van der Waals surface area contributed by atoms with Crippen molar-refractivity contribution >= 4 is 39.3 Å². The highest BCUT2D eigenvalue weighted by atomic mass is 32.2. The maximum Gasteiger partial charge on any atom is 0.248 e. The van der Waals surface area contributed by atoms with Crippen molar-refractivity contribution in [1.82, 2.24) is 14.4 Å². The summed E-state index contributed by atoms with van der Waals surface area (Å²) in [5.74, 6) is 0.351. The Morgan fingerprint density at radius 3 is 2.30 bits per heavy atom. The number of carbonyl (C=O) groups excluding carboxylic acids is 2. The van der Waals surface area contributed by atoms with E-state index in [1.54, 1.807) is 30.9 Å². The minimum Gasteiger partial charge on any atom is -0.360 e. The molecule has 1 saturated heterocycles. The lowest BCUT2D eigenvalue weighted by Gasteiger charge is -2.33. The number of nitrogens with zero attached hydrogens (tertiary/aromatic N) is 3. The molecule has 0 saturated carbocycles. The number of benzene rings is 1. The van der Waals surface area contributed by atoms with Gasteiger partial charge in [0.2, 0.25) is 21.8 Å². The first kappa shape index (κ1) is 22.3. The number of carbonyl (C=O) groups is 2. The number of hydrogen-bond donors (Lipinski definition) is 1. The highest BCUT2D eigenvalue weighted by Crippen LogP contribution is 2.25. The molecule has 2 aromatic rings. The van der Waals surface area contributed by atoms with Crippen molar-refractivity contribution in [1.29, 1.82) is 0 Å². The van der Waals surface area contributed by atoms with E-state index in [2.05, 4.69) is 10.5 Å². The Labute approximate surface area is 179 Å². The summed E-state index contributed by atoms with van der Waals surface area (Å²) in [7, 11) is -3.69. The predicted molar refractivity (Wildman–Crippen MR) is 113 cm³/mol. The van der Waals surface area contributed by atoms with E-state index < -0.39 is 10.0 Å². The van der Waals surface area contributed by atoms with E-state index in [4.69, 9.17) is 4.52 Å². The fourth-order valence-corrected chi connectivity index (χ4v) is 5.74. The van der Waals surface area contributed by atoms with Gasteiger partial charge in [0.05, 0.1) is 5.75 Å². The molecule has 1 N–H and O–H groups in total. The van der Waals surface area contributed by atoms with Crippen molar-refractivity contribution < 1.29 is 22.5 Å². The van der Waals surface area contributed by atoms with Crippen LogP contribution in [0.1, 0.15) is 18.4 Å². The lowest BCUT2D eigenvalue weighted by molar-refractivity contribution is -0.129. The van der Waals surface area contributed by atoms with Crippen LogP contribution < -0.4 is 5.32 Å². The number of thioether (sulfide) groups is 1. The van der Waals surface area contributed by atoms with Crippen LogP contribution >= 0.6 is 11.8 Å². The lowest BCUT2D eigenvalue weighted by Crippen LogP contribution is -2.51. The van der Waals surface area contributed by atoms with Gasteiger partial charge in [0.25, 0.3) is 0 Å². The van der Waals surface area contributed by atoms with Gasteiger partial charge in [0, 0.05) is 43.7 Å². The van der Waals surface area contributed by atoms with Crippen LogP contribution in [0.15, 0.2) is 38.6 Å². The Bertz CT molecular complexity index is 1010. The largest absolute Gasteiger partial charge is 0.360 e. The van der Waals surface area contributed by atoms with E-state index in [9.17, 15) is 18.0 Å². The third-order valence-corrected chi connectivity index (χ3v) is 7.83. The second kappa shape index (κ2) is 9.19. The Morgan fingerprint density at radius 1 is 1.13 bits per heavy atom. The summed E-state index contributed by atoms with van der Waals surface area (Å²) in [5.41, 5.74) is 1.04. The normalized spacial score (nSPS) is 15.2. The molecule has 0 bridgehead atoms. The molecule has 0 atom stereocenters.